The summed E-state index contributed by atoms with van der Waals surface area (Å²) in [5, 5.41) is 6.49. The van der Waals surface area contributed by atoms with Crippen LogP contribution in [0.25, 0.3) is 0 Å². The maximum atomic E-state index is 13.0. The monoisotopic (exact) mass is 419 g/mol. The molecule has 0 unspecified atom stereocenters. The van der Waals surface area contributed by atoms with Gasteiger partial charge >= 0.3 is 0 Å². The number of nitrogens with one attached hydrogen (secondary N) is 1. The molecule has 6 nitrogen and oxygen atoms in total. The standard InChI is InChI=1S/C18H15BrFN3O3/c1-10-15(11(2)26-23-10)9-25-14-5-3-12(4-6-14)18(24)22-17-16(19)7-13(20)8-21-17/h3-8H,9H2,1-2H3,(H,21,22,24). The zero-order chi connectivity index (χ0) is 18.7. The Bertz CT molecular complexity index is 922. The van der Waals surface area contributed by atoms with E-state index in [1.165, 1.54) is 6.07 Å². The summed E-state index contributed by atoms with van der Waals surface area (Å²) in [5.41, 5.74) is 2.11. The molecule has 0 saturated carbocycles. The first-order valence-corrected chi connectivity index (χ1v) is 8.50. The number of nitrogens with zero attached hydrogens (tertiary/aromatic N) is 2. The van der Waals surface area contributed by atoms with Gasteiger partial charge in [-0.05, 0) is 60.1 Å². The lowest BCUT2D eigenvalue weighted by atomic mass is 10.2. The number of carbonyl (C=O) groups is 1. The molecule has 1 amide bonds. The van der Waals surface area contributed by atoms with Crippen LogP contribution in [0.1, 0.15) is 27.4 Å². The van der Waals surface area contributed by atoms with Gasteiger partial charge in [0, 0.05) is 5.56 Å². The highest BCUT2D eigenvalue weighted by Gasteiger charge is 2.12. The highest BCUT2D eigenvalue weighted by atomic mass is 79.9. The first-order valence-electron chi connectivity index (χ1n) is 7.71. The number of aryl methyl sites for hydroxylation is 2. The summed E-state index contributed by atoms with van der Waals surface area (Å²) in [5.74, 6) is 0.727. The molecule has 0 bridgehead atoms. The van der Waals surface area contributed by atoms with Crippen LogP contribution in [0.15, 0.2) is 45.5 Å². The van der Waals surface area contributed by atoms with Crippen LogP contribution in [0.2, 0.25) is 0 Å². The normalized spacial score (nSPS) is 10.6. The zero-order valence-corrected chi connectivity index (χ0v) is 15.6. The molecule has 0 aliphatic rings. The van der Waals surface area contributed by atoms with Gasteiger partial charge in [-0.15, -0.1) is 0 Å². The van der Waals surface area contributed by atoms with E-state index in [1.54, 1.807) is 24.3 Å². The first kappa shape index (κ1) is 18.1. The third kappa shape index (κ3) is 4.08. The second kappa shape index (κ2) is 7.65. The molecule has 0 radical (unpaired) electrons. The first-order chi connectivity index (χ1) is 12.4. The van der Waals surface area contributed by atoms with Gasteiger partial charge in [0.05, 0.1) is 21.9 Å². The predicted octanol–water partition coefficient (Wildman–Crippen LogP) is 4.42. The van der Waals surface area contributed by atoms with Gasteiger partial charge in [0.2, 0.25) is 0 Å². The van der Waals surface area contributed by atoms with Crippen LogP contribution >= 0.6 is 15.9 Å². The molecule has 2 heterocycles. The Morgan fingerprint density at radius 2 is 2.04 bits per heavy atom. The molecule has 3 rings (SSSR count). The van der Waals surface area contributed by atoms with E-state index >= 15 is 0 Å². The zero-order valence-electron chi connectivity index (χ0n) is 14.0. The molecule has 0 aliphatic heterocycles. The third-order valence-electron chi connectivity index (χ3n) is 3.72. The highest BCUT2D eigenvalue weighted by Crippen LogP contribution is 2.22. The van der Waals surface area contributed by atoms with Crippen molar-refractivity contribution in [2.75, 3.05) is 5.32 Å². The smallest absolute Gasteiger partial charge is 0.256 e. The molecule has 0 saturated heterocycles. The van der Waals surface area contributed by atoms with E-state index in [2.05, 4.69) is 31.4 Å². The quantitative estimate of drug-likeness (QED) is 0.662. The van der Waals surface area contributed by atoms with Crippen LogP contribution in [0, 0.1) is 19.7 Å². The number of hydrogen-bond donors (Lipinski definition) is 1. The largest absolute Gasteiger partial charge is 0.489 e. The molecule has 8 heteroatoms. The van der Waals surface area contributed by atoms with Gasteiger partial charge in [-0.25, -0.2) is 9.37 Å². The lowest BCUT2D eigenvalue weighted by Crippen LogP contribution is -2.13. The Labute approximate surface area is 157 Å². The Morgan fingerprint density at radius 1 is 1.31 bits per heavy atom. The van der Waals surface area contributed by atoms with E-state index in [4.69, 9.17) is 9.26 Å². The number of aromatic nitrogens is 2. The second-order valence-electron chi connectivity index (χ2n) is 5.55. The summed E-state index contributed by atoms with van der Waals surface area (Å²) in [4.78, 5) is 16.1. The predicted molar refractivity (Wildman–Crippen MR) is 96.6 cm³/mol. The van der Waals surface area contributed by atoms with Gasteiger partial charge < -0.3 is 14.6 Å². The van der Waals surface area contributed by atoms with Crippen molar-refractivity contribution in [2.45, 2.75) is 20.5 Å². The van der Waals surface area contributed by atoms with Crippen molar-refractivity contribution in [1.29, 1.82) is 0 Å². The van der Waals surface area contributed by atoms with Crippen molar-refractivity contribution in [3.05, 3.63) is 69.4 Å². The fourth-order valence-electron chi connectivity index (χ4n) is 2.25. The van der Waals surface area contributed by atoms with Crippen molar-refractivity contribution in [2.24, 2.45) is 0 Å². The van der Waals surface area contributed by atoms with Crippen molar-refractivity contribution >= 4 is 27.7 Å². The van der Waals surface area contributed by atoms with Gasteiger partial charge in [-0.1, -0.05) is 5.16 Å². The van der Waals surface area contributed by atoms with E-state index in [1.807, 2.05) is 13.8 Å². The number of pyridine rings is 1. The van der Waals surface area contributed by atoms with Crippen LogP contribution in [-0.4, -0.2) is 16.0 Å². The molecule has 0 spiro atoms. The molecule has 0 atom stereocenters. The molecule has 134 valence electrons. The minimum atomic E-state index is -0.491. The summed E-state index contributed by atoms with van der Waals surface area (Å²) in [6, 6.07) is 7.89. The second-order valence-corrected chi connectivity index (χ2v) is 6.41. The molecule has 1 aromatic carbocycles. The molecule has 0 fully saturated rings. The van der Waals surface area contributed by atoms with Crippen LogP contribution in [0.5, 0.6) is 5.75 Å². The van der Waals surface area contributed by atoms with Crippen LogP contribution in [-0.2, 0) is 6.61 Å². The van der Waals surface area contributed by atoms with Crippen LogP contribution < -0.4 is 10.1 Å². The van der Waals surface area contributed by atoms with Crippen molar-refractivity contribution in [3.8, 4) is 5.75 Å². The van der Waals surface area contributed by atoms with E-state index < -0.39 is 5.82 Å². The minimum Gasteiger partial charge on any atom is -0.489 e. The number of benzene rings is 1. The summed E-state index contributed by atoms with van der Waals surface area (Å²) in [7, 11) is 0. The number of hydrogen-bond acceptors (Lipinski definition) is 5. The third-order valence-corrected chi connectivity index (χ3v) is 4.33. The highest BCUT2D eigenvalue weighted by molar-refractivity contribution is 9.10. The van der Waals surface area contributed by atoms with E-state index in [0.717, 1.165) is 23.2 Å². The average Bonchev–Trinajstić information content (AvgIpc) is 2.94. The van der Waals surface area contributed by atoms with Gasteiger partial charge in [-0.2, -0.15) is 0 Å². The fourth-order valence-corrected chi connectivity index (χ4v) is 2.67. The Kier molecular flexibility index (Phi) is 5.32. The minimum absolute atomic E-state index is 0.245. The summed E-state index contributed by atoms with van der Waals surface area (Å²) < 4.78 is 24.2. The summed E-state index contributed by atoms with van der Waals surface area (Å²) in [6.07, 6.45) is 1.03. The van der Waals surface area contributed by atoms with Crippen molar-refractivity contribution < 1.29 is 18.4 Å². The lowest BCUT2D eigenvalue weighted by Gasteiger charge is -2.08. The lowest BCUT2D eigenvalue weighted by molar-refractivity contribution is 0.102. The van der Waals surface area contributed by atoms with Crippen LogP contribution in [0.3, 0.4) is 0 Å². The Hall–Kier alpha value is -2.74. The van der Waals surface area contributed by atoms with Gasteiger partial charge in [0.15, 0.2) is 0 Å². The fraction of sp³-hybridized carbons (Fsp3) is 0.167. The molecule has 1 N–H and O–H groups in total. The molecular weight excluding hydrogens is 405 g/mol. The molecule has 26 heavy (non-hydrogen) atoms. The van der Waals surface area contributed by atoms with Crippen molar-refractivity contribution in [3.63, 3.8) is 0 Å². The Morgan fingerprint density at radius 3 is 2.65 bits per heavy atom. The van der Waals surface area contributed by atoms with Gasteiger partial charge in [-0.3, -0.25) is 4.79 Å². The van der Waals surface area contributed by atoms with Gasteiger partial charge in [0.1, 0.15) is 29.8 Å². The van der Waals surface area contributed by atoms with E-state index in [9.17, 15) is 9.18 Å². The van der Waals surface area contributed by atoms with Gasteiger partial charge in [0.25, 0.3) is 5.91 Å². The van der Waals surface area contributed by atoms with E-state index in [-0.39, 0.29) is 11.7 Å². The topological polar surface area (TPSA) is 77.2 Å². The number of rotatable bonds is 5. The number of anilines is 1. The maximum absolute atomic E-state index is 13.0. The maximum Gasteiger partial charge on any atom is 0.256 e. The number of amides is 1. The van der Waals surface area contributed by atoms with E-state index in [0.29, 0.717) is 22.4 Å². The van der Waals surface area contributed by atoms with Crippen molar-refractivity contribution in [1.82, 2.24) is 10.1 Å². The Balaban J connectivity index is 1.64. The summed E-state index contributed by atoms with van der Waals surface area (Å²) in [6.45, 7) is 4.01. The number of ether oxygens (including phenoxy) is 1. The summed E-state index contributed by atoms with van der Waals surface area (Å²) >= 11 is 3.16. The molecule has 0 aliphatic carbocycles. The number of halogens is 2. The molecular formula is C18H15BrFN3O3. The molecule has 3 aromatic rings. The van der Waals surface area contributed by atoms with Crippen LogP contribution in [0.4, 0.5) is 10.2 Å². The number of carbonyl (C=O) groups excluding carboxylic acids is 1. The molecule has 2 aromatic heterocycles. The average molecular weight is 420 g/mol. The SMILES string of the molecule is Cc1noc(C)c1COc1ccc(C(=O)Nc2ncc(F)cc2Br)cc1.